The van der Waals surface area contributed by atoms with Gasteiger partial charge in [-0.2, -0.15) is 5.10 Å². The summed E-state index contributed by atoms with van der Waals surface area (Å²) in [6, 6.07) is 3.25. The molecule has 0 aliphatic rings. The van der Waals surface area contributed by atoms with Crippen molar-refractivity contribution in [2.75, 3.05) is 5.73 Å². The van der Waals surface area contributed by atoms with Crippen molar-refractivity contribution >= 4 is 11.6 Å². The number of hydrogen-bond donors (Lipinski definition) is 2. The van der Waals surface area contributed by atoms with Crippen LogP contribution in [0.1, 0.15) is 21.7 Å². The third kappa shape index (κ3) is 2.65. The average Bonchev–Trinajstić information content (AvgIpc) is 2.66. The van der Waals surface area contributed by atoms with Crippen molar-refractivity contribution in [3.8, 4) is 0 Å². The lowest BCUT2D eigenvalue weighted by Gasteiger charge is -2.03. The summed E-state index contributed by atoms with van der Waals surface area (Å²) in [6.45, 7) is 2.34. The maximum absolute atomic E-state index is 11.8. The van der Waals surface area contributed by atoms with E-state index in [1.807, 2.05) is 20.2 Å². The van der Waals surface area contributed by atoms with Gasteiger partial charge in [0.2, 0.25) is 0 Å². The van der Waals surface area contributed by atoms with Gasteiger partial charge in [-0.25, -0.2) is 4.98 Å². The van der Waals surface area contributed by atoms with Crippen LogP contribution in [0.15, 0.2) is 24.5 Å². The number of nitrogens with two attached hydrogens (primary N) is 1. The molecule has 2 rings (SSSR count). The van der Waals surface area contributed by atoms with Gasteiger partial charge in [-0.15, -0.1) is 0 Å². The van der Waals surface area contributed by atoms with E-state index in [0.29, 0.717) is 17.9 Å². The second kappa shape index (κ2) is 4.87. The Balaban J connectivity index is 2.00. The van der Waals surface area contributed by atoms with Gasteiger partial charge in [-0.05, 0) is 19.1 Å². The Labute approximate surface area is 105 Å². The van der Waals surface area contributed by atoms with Gasteiger partial charge < -0.3 is 11.1 Å². The van der Waals surface area contributed by atoms with Gasteiger partial charge in [-0.3, -0.25) is 9.48 Å². The molecule has 0 atom stereocenters. The van der Waals surface area contributed by atoms with Crippen LogP contribution in [0.5, 0.6) is 0 Å². The fraction of sp³-hybridized carbons (Fsp3) is 0.250. The standard InChI is InChI=1S/C12H15N5O/c1-8-9(7-17(2)16-8)5-15-12(18)11-4-3-10(13)6-14-11/h3-4,6-7H,5,13H2,1-2H3,(H,15,18). The van der Waals surface area contributed by atoms with Crippen LogP contribution in [-0.4, -0.2) is 20.7 Å². The Morgan fingerprint density at radius 1 is 1.50 bits per heavy atom. The zero-order chi connectivity index (χ0) is 13.1. The zero-order valence-electron chi connectivity index (χ0n) is 10.3. The molecule has 0 saturated heterocycles. The Kier molecular flexibility index (Phi) is 3.27. The number of nitrogens with zero attached hydrogens (tertiary/aromatic N) is 3. The van der Waals surface area contributed by atoms with E-state index in [-0.39, 0.29) is 5.91 Å². The second-order valence-electron chi connectivity index (χ2n) is 4.07. The molecule has 0 aromatic carbocycles. The molecule has 18 heavy (non-hydrogen) atoms. The largest absolute Gasteiger partial charge is 0.397 e. The molecule has 2 heterocycles. The number of carbonyl (C=O) groups is 1. The summed E-state index contributed by atoms with van der Waals surface area (Å²) in [5, 5.41) is 7.00. The predicted octanol–water partition coefficient (Wildman–Crippen LogP) is 0.636. The molecule has 6 nitrogen and oxygen atoms in total. The molecular weight excluding hydrogens is 230 g/mol. The van der Waals surface area contributed by atoms with Gasteiger partial charge in [0.05, 0.1) is 17.6 Å². The van der Waals surface area contributed by atoms with Crippen molar-refractivity contribution in [2.24, 2.45) is 7.05 Å². The molecule has 0 spiro atoms. The number of nitrogen functional groups attached to an aromatic ring is 1. The molecule has 0 radical (unpaired) electrons. The summed E-state index contributed by atoms with van der Waals surface area (Å²) in [6.07, 6.45) is 3.34. The van der Waals surface area contributed by atoms with Crippen molar-refractivity contribution in [3.05, 3.63) is 41.5 Å². The van der Waals surface area contributed by atoms with E-state index >= 15 is 0 Å². The van der Waals surface area contributed by atoms with Crippen molar-refractivity contribution < 1.29 is 4.79 Å². The average molecular weight is 245 g/mol. The van der Waals surface area contributed by atoms with Gasteiger partial charge >= 0.3 is 0 Å². The highest BCUT2D eigenvalue weighted by Crippen LogP contribution is 2.05. The Morgan fingerprint density at radius 2 is 2.28 bits per heavy atom. The quantitative estimate of drug-likeness (QED) is 0.830. The molecule has 0 aliphatic carbocycles. The number of carbonyl (C=O) groups excluding carboxylic acids is 1. The summed E-state index contributed by atoms with van der Waals surface area (Å²) in [7, 11) is 1.85. The van der Waals surface area contributed by atoms with Crippen LogP contribution in [-0.2, 0) is 13.6 Å². The first-order chi connectivity index (χ1) is 8.56. The van der Waals surface area contributed by atoms with Crippen LogP contribution < -0.4 is 11.1 Å². The van der Waals surface area contributed by atoms with Crippen LogP contribution >= 0.6 is 0 Å². The van der Waals surface area contributed by atoms with E-state index < -0.39 is 0 Å². The number of rotatable bonds is 3. The van der Waals surface area contributed by atoms with Crippen LogP contribution in [0.25, 0.3) is 0 Å². The topological polar surface area (TPSA) is 85.8 Å². The molecule has 3 N–H and O–H groups in total. The third-order valence-corrected chi connectivity index (χ3v) is 2.57. The molecule has 0 bridgehead atoms. The normalized spacial score (nSPS) is 10.3. The first kappa shape index (κ1) is 12.1. The van der Waals surface area contributed by atoms with E-state index in [4.69, 9.17) is 5.73 Å². The minimum Gasteiger partial charge on any atom is -0.397 e. The fourth-order valence-corrected chi connectivity index (χ4v) is 1.63. The summed E-state index contributed by atoms with van der Waals surface area (Å²) in [5.74, 6) is -0.224. The smallest absolute Gasteiger partial charge is 0.270 e. The number of amides is 1. The molecular formula is C12H15N5O. The van der Waals surface area contributed by atoms with Crippen molar-refractivity contribution in [2.45, 2.75) is 13.5 Å². The highest BCUT2D eigenvalue weighted by atomic mass is 16.1. The number of anilines is 1. The first-order valence-electron chi connectivity index (χ1n) is 5.55. The Morgan fingerprint density at radius 3 is 2.83 bits per heavy atom. The summed E-state index contributed by atoms with van der Waals surface area (Å²) in [4.78, 5) is 15.8. The first-order valence-corrected chi connectivity index (χ1v) is 5.55. The highest BCUT2D eigenvalue weighted by molar-refractivity contribution is 5.92. The molecule has 0 saturated carbocycles. The molecule has 0 unspecified atom stereocenters. The molecule has 1 amide bonds. The fourth-order valence-electron chi connectivity index (χ4n) is 1.63. The minimum atomic E-state index is -0.224. The number of aryl methyl sites for hydroxylation is 2. The summed E-state index contributed by atoms with van der Waals surface area (Å²) in [5.41, 5.74) is 8.29. The van der Waals surface area contributed by atoms with E-state index in [1.165, 1.54) is 6.20 Å². The van der Waals surface area contributed by atoms with Crippen molar-refractivity contribution in [1.29, 1.82) is 0 Å². The van der Waals surface area contributed by atoms with E-state index in [1.54, 1.807) is 16.8 Å². The molecule has 94 valence electrons. The molecule has 0 fully saturated rings. The number of aromatic nitrogens is 3. The number of pyridine rings is 1. The minimum absolute atomic E-state index is 0.224. The van der Waals surface area contributed by atoms with E-state index in [9.17, 15) is 4.79 Å². The summed E-state index contributed by atoms with van der Waals surface area (Å²) < 4.78 is 1.72. The van der Waals surface area contributed by atoms with Crippen LogP contribution in [0.3, 0.4) is 0 Å². The maximum Gasteiger partial charge on any atom is 0.270 e. The van der Waals surface area contributed by atoms with Crippen LogP contribution in [0.2, 0.25) is 0 Å². The van der Waals surface area contributed by atoms with Gasteiger partial charge in [0.15, 0.2) is 0 Å². The van der Waals surface area contributed by atoms with Crippen LogP contribution in [0, 0.1) is 6.92 Å². The van der Waals surface area contributed by atoms with Gasteiger partial charge in [0, 0.05) is 25.4 Å². The molecule has 2 aromatic rings. The molecule has 0 aliphatic heterocycles. The van der Waals surface area contributed by atoms with Crippen molar-refractivity contribution in [3.63, 3.8) is 0 Å². The monoisotopic (exact) mass is 245 g/mol. The molecule has 6 heteroatoms. The maximum atomic E-state index is 11.8. The number of nitrogens with one attached hydrogen (secondary N) is 1. The van der Waals surface area contributed by atoms with Gasteiger partial charge in [0.25, 0.3) is 5.91 Å². The highest BCUT2D eigenvalue weighted by Gasteiger charge is 2.08. The van der Waals surface area contributed by atoms with Gasteiger partial charge in [0.1, 0.15) is 5.69 Å². The van der Waals surface area contributed by atoms with Gasteiger partial charge in [-0.1, -0.05) is 0 Å². The number of hydrogen-bond acceptors (Lipinski definition) is 4. The van der Waals surface area contributed by atoms with E-state index in [2.05, 4.69) is 15.4 Å². The predicted molar refractivity (Wildman–Crippen MR) is 67.8 cm³/mol. The second-order valence-corrected chi connectivity index (χ2v) is 4.07. The Bertz CT molecular complexity index is 558. The van der Waals surface area contributed by atoms with E-state index in [0.717, 1.165) is 11.3 Å². The lowest BCUT2D eigenvalue weighted by Crippen LogP contribution is -2.23. The summed E-state index contributed by atoms with van der Waals surface area (Å²) >= 11 is 0. The zero-order valence-corrected chi connectivity index (χ0v) is 10.3. The van der Waals surface area contributed by atoms with Crippen molar-refractivity contribution in [1.82, 2.24) is 20.1 Å². The Hall–Kier alpha value is -2.37. The molecule has 2 aromatic heterocycles. The third-order valence-electron chi connectivity index (χ3n) is 2.57. The SMILES string of the molecule is Cc1nn(C)cc1CNC(=O)c1ccc(N)cn1. The van der Waals surface area contributed by atoms with Crippen LogP contribution in [0.4, 0.5) is 5.69 Å². The lowest BCUT2D eigenvalue weighted by molar-refractivity contribution is 0.0946. The lowest BCUT2D eigenvalue weighted by atomic mass is 10.2.